The van der Waals surface area contributed by atoms with E-state index in [9.17, 15) is 4.79 Å². The Hall–Kier alpha value is -0.530. The van der Waals surface area contributed by atoms with Crippen molar-refractivity contribution in [3.05, 3.63) is 0 Å². The van der Waals surface area contributed by atoms with Gasteiger partial charge in [0.05, 0.1) is 6.61 Å². The third kappa shape index (κ3) is 24.0. The van der Waals surface area contributed by atoms with Gasteiger partial charge in [-0.05, 0) is 18.8 Å². The Morgan fingerprint density at radius 3 is 1.45 bits per heavy atom. The SMILES string of the molecule is CCCCCCCCCCCCCCCCCC(=O)OCCC(CCC)CCCCC. The van der Waals surface area contributed by atoms with Crippen LogP contribution >= 0.6 is 0 Å². The summed E-state index contributed by atoms with van der Waals surface area (Å²) in [4.78, 5) is 12.0. The van der Waals surface area contributed by atoms with Crippen molar-refractivity contribution in [2.24, 2.45) is 5.92 Å². The number of ether oxygens (including phenoxy) is 1. The summed E-state index contributed by atoms with van der Waals surface area (Å²) in [7, 11) is 0. The van der Waals surface area contributed by atoms with Gasteiger partial charge < -0.3 is 4.74 Å². The van der Waals surface area contributed by atoms with Crippen molar-refractivity contribution in [2.75, 3.05) is 6.61 Å². The third-order valence-corrected chi connectivity index (χ3v) is 6.69. The minimum Gasteiger partial charge on any atom is -0.466 e. The van der Waals surface area contributed by atoms with E-state index < -0.39 is 0 Å². The zero-order valence-electron chi connectivity index (χ0n) is 21.9. The molecule has 0 heterocycles. The van der Waals surface area contributed by atoms with E-state index in [1.165, 1.54) is 128 Å². The Labute approximate surface area is 196 Å². The second-order valence-corrected chi connectivity index (χ2v) is 9.86. The van der Waals surface area contributed by atoms with Crippen LogP contribution in [-0.4, -0.2) is 12.6 Å². The molecule has 0 saturated heterocycles. The van der Waals surface area contributed by atoms with Crippen LogP contribution in [0.1, 0.15) is 168 Å². The third-order valence-electron chi connectivity index (χ3n) is 6.69. The molecule has 0 aromatic carbocycles. The first kappa shape index (κ1) is 30.5. The monoisotopic (exact) mass is 438 g/mol. The summed E-state index contributed by atoms with van der Waals surface area (Å²) in [5.41, 5.74) is 0. The zero-order valence-corrected chi connectivity index (χ0v) is 21.9. The highest BCUT2D eigenvalue weighted by atomic mass is 16.5. The topological polar surface area (TPSA) is 26.3 Å². The van der Waals surface area contributed by atoms with Crippen LogP contribution in [0.3, 0.4) is 0 Å². The van der Waals surface area contributed by atoms with Crippen LogP contribution in [0.15, 0.2) is 0 Å². The highest BCUT2D eigenvalue weighted by Crippen LogP contribution is 2.19. The second-order valence-electron chi connectivity index (χ2n) is 9.86. The average molecular weight is 439 g/mol. The molecule has 0 saturated carbocycles. The Morgan fingerprint density at radius 2 is 0.968 bits per heavy atom. The van der Waals surface area contributed by atoms with E-state index in [1.54, 1.807) is 0 Å². The molecule has 2 nitrogen and oxygen atoms in total. The predicted octanol–water partition coefficient (Wildman–Crippen LogP) is 10.2. The summed E-state index contributed by atoms with van der Waals surface area (Å²) >= 11 is 0. The fourth-order valence-electron chi connectivity index (χ4n) is 4.58. The van der Waals surface area contributed by atoms with Gasteiger partial charge in [-0.2, -0.15) is 0 Å². The molecule has 0 aromatic rings. The Morgan fingerprint density at radius 1 is 0.516 bits per heavy atom. The molecule has 31 heavy (non-hydrogen) atoms. The van der Waals surface area contributed by atoms with Crippen molar-refractivity contribution >= 4 is 5.97 Å². The first-order chi connectivity index (χ1) is 15.2. The predicted molar refractivity (Wildman–Crippen MR) is 138 cm³/mol. The summed E-state index contributed by atoms with van der Waals surface area (Å²) in [5, 5.41) is 0. The van der Waals surface area contributed by atoms with E-state index in [4.69, 9.17) is 4.74 Å². The van der Waals surface area contributed by atoms with Crippen molar-refractivity contribution in [1.82, 2.24) is 0 Å². The van der Waals surface area contributed by atoms with E-state index >= 15 is 0 Å². The van der Waals surface area contributed by atoms with Crippen LogP contribution in [0.2, 0.25) is 0 Å². The molecule has 186 valence electrons. The van der Waals surface area contributed by atoms with Crippen LogP contribution in [-0.2, 0) is 9.53 Å². The summed E-state index contributed by atoms with van der Waals surface area (Å²) in [6.45, 7) is 7.44. The molecule has 1 unspecified atom stereocenters. The molecule has 0 aliphatic carbocycles. The molecule has 0 fully saturated rings. The molecule has 0 aromatic heterocycles. The van der Waals surface area contributed by atoms with Crippen molar-refractivity contribution < 1.29 is 9.53 Å². The van der Waals surface area contributed by atoms with Crippen molar-refractivity contribution in [2.45, 2.75) is 168 Å². The highest BCUT2D eigenvalue weighted by molar-refractivity contribution is 5.69. The molecule has 0 N–H and O–H groups in total. The number of carbonyl (C=O) groups is 1. The van der Waals surface area contributed by atoms with E-state index in [2.05, 4.69) is 20.8 Å². The van der Waals surface area contributed by atoms with Gasteiger partial charge in [0.1, 0.15) is 0 Å². The van der Waals surface area contributed by atoms with Crippen LogP contribution in [0.5, 0.6) is 0 Å². The van der Waals surface area contributed by atoms with E-state index in [1.807, 2.05) is 0 Å². The normalized spacial score (nSPS) is 12.2. The van der Waals surface area contributed by atoms with Gasteiger partial charge in [0.2, 0.25) is 0 Å². The first-order valence-electron chi connectivity index (χ1n) is 14.4. The maximum absolute atomic E-state index is 12.0. The molecule has 1 atom stereocenters. The maximum Gasteiger partial charge on any atom is 0.305 e. The van der Waals surface area contributed by atoms with E-state index in [0.29, 0.717) is 13.0 Å². The van der Waals surface area contributed by atoms with Crippen LogP contribution in [0.25, 0.3) is 0 Å². The second kappa shape index (κ2) is 25.7. The molecule has 0 rings (SSSR count). The standard InChI is InChI=1S/C29H58O2/c1-4-7-9-10-11-12-13-14-15-16-17-18-19-20-22-25-29(30)31-27-26-28(23-6-3)24-21-8-5-2/h28H,4-27H2,1-3H3. The molecule has 0 radical (unpaired) electrons. The number of unbranched alkanes of at least 4 members (excludes halogenated alkanes) is 16. The Kier molecular flexibility index (Phi) is 25.3. The fraction of sp³-hybridized carbons (Fsp3) is 0.966. The molecule has 0 aliphatic heterocycles. The largest absolute Gasteiger partial charge is 0.466 e. The number of hydrogen-bond donors (Lipinski definition) is 0. The van der Waals surface area contributed by atoms with Crippen LogP contribution in [0, 0.1) is 5.92 Å². The van der Waals surface area contributed by atoms with Crippen molar-refractivity contribution in [3.63, 3.8) is 0 Å². The summed E-state index contributed by atoms with van der Waals surface area (Å²) < 4.78 is 5.51. The lowest BCUT2D eigenvalue weighted by Crippen LogP contribution is -2.10. The van der Waals surface area contributed by atoms with Crippen LogP contribution < -0.4 is 0 Å². The molecule has 0 amide bonds. The van der Waals surface area contributed by atoms with Gasteiger partial charge >= 0.3 is 5.97 Å². The Bertz CT molecular complexity index is 353. The minimum atomic E-state index is 0.0264. The summed E-state index contributed by atoms with van der Waals surface area (Å²) in [6, 6.07) is 0. The summed E-state index contributed by atoms with van der Waals surface area (Å²) in [6.07, 6.45) is 29.8. The lowest BCUT2D eigenvalue weighted by atomic mass is 9.94. The van der Waals surface area contributed by atoms with Gasteiger partial charge in [0, 0.05) is 6.42 Å². The highest BCUT2D eigenvalue weighted by Gasteiger charge is 2.09. The van der Waals surface area contributed by atoms with Crippen LogP contribution in [0.4, 0.5) is 0 Å². The minimum absolute atomic E-state index is 0.0264. The lowest BCUT2D eigenvalue weighted by molar-refractivity contribution is -0.144. The maximum atomic E-state index is 12.0. The first-order valence-corrected chi connectivity index (χ1v) is 14.4. The van der Waals surface area contributed by atoms with Gasteiger partial charge in [0.25, 0.3) is 0 Å². The number of hydrogen-bond acceptors (Lipinski definition) is 2. The number of esters is 1. The molecular weight excluding hydrogens is 380 g/mol. The lowest BCUT2D eigenvalue weighted by Gasteiger charge is -2.16. The van der Waals surface area contributed by atoms with E-state index in [0.717, 1.165) is 18.8 Å². The molecule has 0 aliphatic rings. The zero-order chi connectivity index (χ0) is 22.8. The van der Waals surface area contributed by atoms with Gasteiger partial charge in [-0.3, -0.25) is 4.79 Å². The quantitative estimate of drug-likeness (QED) is 0.105. The smallest absolute Gasteiger partial charge is 0.305 e. The van der Waals surface area contributed by atoms with Gasteiger partial charge in [-0.25, -0.2) is 0 Å². The average Bonchev–Trinajstić information content (AvgIpc) is 2.76. The van der Waals surface area contributed by atoms with Crippen molar-refractivity contribution in [3.8, 4) is 0 Å². The number of rotatable bonds is 25. The fourth-order valence-corrected chi connectivity index (χ4v) is 4.58. The van der Waals surface area contributed by atoms with Gasteiger partial charge in [-0.1, -0.05) is 149 Å². The number of carbonyl (C=O) groups excluding carboxylic acids is 1. The summed E-state index contributed by atoms with van der Waals surface area (Å²) in [5.74, 6) is 0.772. The molecule has 0 spiro atoms. The Balaban J connectivity index is 3.36. The van der Waals surface area contributed by atoms with Gasteiger partial charge in [0.15, 0.2) is 0 Å². The van der Waals surface area contributed by atoms with Crippen molar-refractivity contribution in [1.29, 1.82) is 0 Å². The molecule has 2 heteroatoms. The van der Waals surface area contributed by atoms with Gasteiger partial charge in [-0.15, -0.1) is 0 Å². The molecular formula is C29H58O2. The molecule has 0 bridgehead atoms. The van der Waals surface area contributed by atoms with E-state index in [-0.39, 0.29) is 5.97 Å².